The first-order chi connectivity index (χ1) is 9.60. The molecule has 0 atom stereocenters. The van der Waals surface area contributed by atoms with Crippen LogP contribution in [0.2, 0.25) is 0 Å². The fraction of sp³-hybridized carbons (Fsp3) is 0.125. The third-order valence-corrected chi connectivity index (χ3v) is 2.77. The second kappa shape index (κ2) is 5.98. The number of carbonyl (C=O) groups is 1. The minimum absolute atomic E-state index is 0.0534. The summed E-state index contributed by atoms with van der Waals surface area (Å²) in [6, 6.07) is 12.8. The van der Waals surface area contributed by atoms with E-state index in [1.54, 1.807) is 24.3 Å². The van der Waals surface area contributed by atoms with Crippen molar-refractivity contribution >= 4 is 5.78 Å². The van der Waals surface area contributed by atoms with E-state index in [-0.39, 0.29) is 23.7 Å². The van der Waals surface area contributed by atoms with Crippen LogP contribution in [0.4, 0.5) is 4.39 Å². The van der Waals surface area contributed by atoms with Crippen LogP contribution in [-0.2, 0) is 0 Å². The average molecular weight is 269 g/mol. The van der Waals surface area contributed by atoms with Crippen LogP contribution in [0.25, 0.3) is 0 Å². The van der Waals surface area contributed by atoms with Crippen molar-refractivity contribution in [1.82, 2.24) is 0 Å². The summed E-state index contributed by atoms with van der Waals surface area (Å²) in [5.74, 6) is -0.617. The minimum atomic E-state index is -0.659. The number of ether oxygens (including phenoxy) is 1. The van der Waals surface area contributed by atoms with E-state index in [1.165, 1.54) is 12.1 Å². The normalized spacial score (nSPS) is 9.85. The molecule has 0 aliphatic carbocycles. The Hall–Kier alpha value is -2.67. The van der Waals surface area contributed by atoms with E-state index in [4.69, 9.17) is 10.00 Å². The molecule has 0 heterocycles. The zero-order valence-corrected chi connectivity index (χ0v) is 10.9. The largest absolute Gasteiger partial charge is 0.485 e. The summed E-state index contributed by atoms with van der Waals surface area (Å²) in [5, 5.41) is 8.62. The van der Waals surface area contributed by atoms with Gasteiger partial charge in [0.15, 0.2) is 12.4 Å². The van der Waals surface area contributed by atoms with Gasteiger partial charge in [0.2, 0.25) is 0 Å². The topological polar surface area (TPSA) is 50.1 Å². The van der Waals surface area contributed by atoms with Gasteiger partial charge in [-0.2, -0.15) is 5.26 Å². The molecular formula is C16H12FNO2. The molecule has 0 aromatic heterocycles. The maximum Gasteiger partial charge on any atom is 0.200 e. The fourth-order valence-electron chi connectivity index (χ4n) is 1.73. The lowest BCUT2D eigenvalue weighted by molar-refractivity contribution is 0.0921. The van der Waals surface area contributed by atoms with E-state index in [2.05, 4.69) is 0 Å². The Labute approximate surface area is 116 Å². The van der Waals surface area contributed by atoms with Gasteiger partial charge in [-0.05, 0) is 25.1 Å². The first-order valence-corrected chi connectivity index (χ1v) is 6.02. The van der Waals surface area contributed by atoms with Crippen LogP contribution in [-0.4, -0.2) is 12.4 Å². The van der Waals surface area contributed by atoms with Crippen LogP contribution in [0.1, 0.15) is 21.5 Å². The van der Waals surface area contributed by atoms with Gasteiger partial charge in [0.25, 0.3) is 0 Å². The number of nitrogens with zero attached hydrogens (tertiary/aromatic N) is 1. The van der Waals surface area contributed by atoms with Crippen molar-refractivity contribution in [1.29, 1.82) is 5.26 Å². The van der Waals surface area contributed by atoms with Gasteiger partial charge in [-0.1, -0.05) is 23.8 Å². The third kappa shape index (κ3) is 3.21. The Morgan fingerprint density at radius 2 is 2.10 bits per heavy atom. The molecule has 20 heavy (non-hydrogen) atoms. The maximum absolute atomic E-state index is 13.4. The molecule has 0 spiro atoms. The highest BCUT2D eigenvalue weighted by molar-refractivity contribution is 5.97. The second-order valence-corrected chi connectivity index (χ2v) is 4.33. The van der Waals surface area contributed by atoms with Crippen molar-refractivity contribution < 1.29 is 13.9 Å². The van der Waals surface area contributed by atoms with E-state index in [0.717, 1.165) is 11.6 Å². The summed E-state index contributed by atoms with van der Waals surface area (Å²) >= 11 is 0. The van der Waals surface area contributed by atoms with E-state index >= 15 is 0 Å². The molecule has 0 fully saturated rings. The number of benzene rings is 2. The molecule has 2 aromatic rings. The van der Waals surface area contributed by atoms with Gasteiger partial charge < -0.3 is 4.74 Å². The first kappa shape index (κ1) is 13.8. The van der Waals surface area contributed by atoms with Gasteiger partial charge >= 0.3 is 0 Å². The minimum Gasteiger partial charge on any atom is -0.485 e. The second-order valence-electron chi connectivity index (χ2n) is 4.33. The molecule has 0 bridgehead atoms. The van der Waals surface area contributed by atoms with Crippen molar-refractivity contribution in [3.63, 3.8) is 0 Å². The summed E-state index contributed by atoms with van der Waals surface area (Å²) in [5.41, 5.74) is 1.49. The summed E-state index contributed by atoms with van der Waals surface area (Å²) in [6.45, 7) is 1.72. The predicted molar refractivity (Wildman–Crippen MR) is 72.1 cm³/mol. The molecule has 0 aliphatic rings. The zero-order chi connectivity index (χ0) is 14.5. The molecule has 0 aliphatic heterocycles. The summed E-state index contributed by atoms with van der Waals surface area (Å²) in [4.78, 5) is 11.9. The number of hydrogen-bond acceptors (Lipinski definition) is 3. The van der Waals surface area contributed by atoms with Crippen LogP contribution in [0.5, 0.6) is 5.75 Å². The Balaban J connectivity index is 2.04. The van der Waals surface area contributed by atoms with E-state index < -0.39 is 5.82 Å². The van der Waals surface area contributed by atoms with Gasteiger partial charge in [0.1, 0.15) is 17.6 Å². The molecule has 0 amide bonds. The highest BCUT2D eigenvalue weighted by atomic mass is 19.1. The van der Waals surface area contributed by atoms with Crippen molar-refractivity contribution in [3.05, 3.63) is 65.0 Å². The number of aryl methyl sites for hydroxylation is 1. The van der Waals surface area contributed by atoms with Crippen LogP contribution in [0.3, 0.4) is 0 Å². The van der Waals surface area contributed by atoms with Crippen molar-refractivity contribution in [2.45, 2.75) is 6.92 Å². The Morgan fingerprint density at radius 1 is 1.30 bits per heavy atom. The summed E-state index contributed by atoms with van der Waals surface area (Å²) < 4.78 is 18.6. The lowest BCUT2D eigenvalue weighted by atomic mass is 10.1. The molecule has 2 rings (SSSR count). The number of Topliss-reactive ketones (excluding diaryl/α,β-unsaturated/α-hetero) is 1. The Kier molecular flexibility index (Phi) is 4.11. The first-order valence-electron chi connectivity index (χ1n) is 6.02. The quantitative estimate of drug-likeness (QED) is 0.800. The molecule has 2 aromatic carbocycles. The number of nitriles is 1. The van der Waals surface area contributed by atoms with Crippen LogP contribution in [0.15, 0.2) is 42.5 Å². The number of halogens is 1. The predicted octanol–water partition coefficient (Wildman–Crippen LogP) is 3.27. The average Bonchev–Trinajstić information content (AvgIpc) is 2.45. The molecule has 0 N–H and O–H groups in total. The maximum atomic E-state index is 13.4. The van der Waals surface area contributed by atoms with Crippen LogP contribution < -0.4 is 4.74 Å². The lowest BCUT2D eigenvalue weighted by Crippen LogP contribution is -2.11. The van der Waals surface area contributed by atoms with E-state index in [1.807, 2.05) is 13.0 Å². The van der Waals surface area contributed by atoms with E-state index in [0.29, 0.717) is 5.56 Å². The van der Waals surface area contributed by atoms with Gasteiger partial charge in [0.05, 0.1) is 5.56 Å². The highest BCUT2D eigenvalue weighted by Crippen LogP contribution is 2.16. The van der Waals surface area contributed by atoms with Gasteiger partial charge in [0, 0.05) is 11.6 Å². The van der Waals surface area contributed by atoms with Gasteiger partial charge in [-0.25, -0.2) is 4.39 Å². The molecule has 0 saturated heterocycles. The SMILES string of the molecule is Cc1cccc(C(=O)COc2ccc(C#N)c(F)c2)c1. The van der Waals surface area contributed by atoms with Crippen molar-refractivity contribution in [3.8, 4) is 11.8 Å². The smallest absolute Gasteiger partial charge is 0.200 e. The fourth-order valence-corrected chi connectivity index (χ4v) is 1.73. The Bertz CT molecular complexity index is 689. The molecule has 3 nitrogen and oxygen atoms in total. The number of ketones is 1. The molecule has 0 unspecified atom stereocenters. The number of hydrogen-bond donors (Lipinski definition) is 0. The van der Waals surface area contributed by atoms with Crippen molar-refractivity contribution in [2.24, 2.45) is 0 Å². The van der Waals surface area contributed by atoms with Crippen molar-refractivity contribution in [2.75, 3.05) is 6.61 Å². The molecule has 0 radical (unpaired) electrons. The standard InChI is InChI=1S/C16H12FNO2/c1-11-3-2-4-12(7-11)16(19)10-20-14-6-5-13(9-18)15(17)8-14/h2-8H,10H2,1H3. The van der Waals surface area contributed by atoms with E-state index in [9.17, 15) is 9.18 Å². The molecule has 100 valence electrons. The number of carbonyl (C=O) groups excluding carboxylic acids is 1. The van der Waals surface area contributed by atoms with Crippen LogP contribution >= 0.6 is 0 Å². The number of rotatable bonds is 4. The van der Waals surface area contributed by atoms with Gasteiger partial charge in [-0.15, -0.1) is 0 Å². The van der Waals surface area contributed by atoms with Gasteiger partial charge in [-0.3, -0.25) is 4.79 Å². The molecule has 0 saturated carbocycles. The zero-order valence-electron chi connectivity index (χ0n) is 10.9. The monoisotopic (exact) mass is 269 g/mol. The third-order valence-electron chi connectivity index (χ3n) is 2.77. The molecular weight excluding hydrogens is 257 g/mol. The summed E-state index contributed by atoms with van der Waals surface area (Å²) in [6.07, 6.45) is 0. The highest BCUT2D eigenvalue weighted by Gasteiger charge is 2.08. The molecule has 4 heteroatoms. The Morgan fingerprint density at radius 3 is 2.75 bits per heavy atom. The van der Waals surface area contributed by atoms with Crippen LogP contribution in [0, 0.1) is 24.1 Å². The lowest BCUT2D eigenvalue weighted by Gasteiger charge is -2.06. The summed E-state index contributed by atoms with van der Waals surface area (Å²) in [7, 11) is 0.